The van der Waals surface area contributed by atoms with Gasteiger partial charge in [-0.2, -0.15) is 5.26 Å². The maximum absolute atomic E-state index is 13.7. The van der Waals surface area contributed by atoms with E-state index in [-0.39, 0.29) is 23.0 Å². The first-order chi connectivity index (χ1) is 17.9. The summed E-state index contributed by atoms with van der Waals surface area (Å²) in [6.45, 7) is 3.28. The highest BCUT2D eigenvalue weighted by molar-refractivity contribution is 6.10. The summed E-state index contributed by atoms with van der Waals surface area (Å²) in [5.41, 5.74) is 4.76. The Morgan fingerprint density at radius 3 is 2.70 bits per heavy atom. The summed E-state index contributed by atoms with van der Waals surface area (Å²) in [7, 11) is 3.70. The molecule has 2 aromatic carbocycles. The maximum atomic E-state index is 13.7. The molecule has 190 valence electrons. The van der Waals surface area contributed by atoms with Gasteiger partial charge in [-0.05, 0) is 74.4 Å². The monoisotopic (exact) mass is 496 g/mol. The van der Waals surface area contributed by atoms with Crippen LogP contribution in [0.3, 0.4) is 0 Å². The van der Waals surface area contributed by atoms with E-state index in [1.807, 2.05) is 35.9 Å². The van der Waals surface area contributed by atoms with E-state index in [4.69, 9.17) is 4.74 Å². The molecule has 0 unspecified atom stereocenters. The van der Waals surface area contributed by atoms with Crippen LogP contribution in [0.25, 0.3) is 0 Å². The van der Waals surface area contributed by atoms with Crippen molar-refractivity contribution in [2.24, 2.45) is 7.05 Å². The number of ether oxygens (including phenoxy) is 1. The minimum Gasteiger partial charge on any atom is -0.381 e. The van der Waals surface area contributed by atoms with Gasteiger partial charge in [-0.3, -0.25) is 4.79 Å². The minimum atomic E-state index is -0.314. The van der Waals surface area contributed by atoms with Crippen LogP contribution in [0.1, 0.15) is 77.5 Å². The van der Waals surface area contributed by atoms with Crippen LogP contribution in [0.5, 0.6) is 0 Å². The molecule has 0 bridgehead atoms. The average molecular weight is 497 g/mol. The van der Waals surface area contributed by atoms with Crippen molar-refractivity contribution in [2.45, 2.75) is 69.2 Å². The number of fused-ring (bicyclic) bond motifs is 1. The van der Waals surface area contributed by atoms with Gasteiger partial charge in [-0.15, -0.1) is 10.2 Å². The van der Waals surface area contributed by atoms with Crippen LogP contribution in [0.2, 0.25) is 0 Å². The molecule has 1 amide bonds. The molecule has 0 spiro atoms. The lowest BCUT2D eigenvalue weighted by Gasteiger charge is -2.46. The number of methoxy groups -OCH3 is 1. The van der Waals surface area contributed by atoms with Gasteiger partial charge in [0.25, 0.3) is 5.91 Å². The summed E-state index contributed by atoms with van der Waals surface area (Å²) >= 11 is 0. The molecule has 3 aromatic rings. The summed E-state index contributed by atoms with van der Waals surface area (Å²) in [5, 5.41) is 22.1. The standard InChI is InChI=1S/C29H32N6O2/c1-28(8-5-9-28)31-16-19-10-20(15-30)25-17-35(26(36)24(25)11-19)22-7-4-6-21(12-22)29(13-23(14-29)37-3)27-33-32-18-34(27)2/h4,6-7,10-12,18,23,31H,5,8-9,13-14,16-17H2,1-3H3. The summed E-state index contributed by atoms with van der Waals surface area (Å²) in [6.07, 6.45) is 7.06. The average Bonchev–Trinajstić information content (AvgIpc) is 3.44. The third-order valence-corrected chi connectivity index (χ3v) is 8.73. The number of aromatic nitrogens is 3. The Morgan fingerprint density at radius 1 is 1.24 bits per heavy atom. The Kier molecular flexibility index (Phi) is 5.66. The van der Waals surface area contributed by atoms with Crippen molar-refractivity contribution in [3.63, 3.8) is 0 Å². The van der Waals surface area contributed by atoms with Crippen LogP contribution in [-0.2, 0) is 30.3 Å². The number of carbonyl (C=O) groups excluding carboxylic acids is 1. The van der Waals surface area contributed by atoms with Crippen LogP contribution in [0, 0.1) is 11.3 Å². The van der Waals surface area contributed by atoms with Crippen LogP contribution in [-0.4, -0.2) is 39.4 Å². The molecule has 2 aliphatic carbocycles. The molecule has 1 aromatic heterocycles. The van der Waals surface area contributed by atoms with E-state index >= 15 is 0 Å². The fourth-order valence-electron chi connectivity index (χ4n) is 6.20. The Hall–Kier alpha value is -3.54. The van der Waals surface area contributed by atoms with E-state index < -0.39 is 0 Å². The maximum Gasteiger partial charge on any atom is 0.258 e. The first-order valence-electron chi connectivity index (χ1n) is 13.0. The van der Waals surface area contributed by atoms with Crippen molar-refractivity contribution >= 4 is 11.6 Å². The summed E-state index contributed by atoms with van der Waals surface area (Å²) in [5.74, 6) is 0.842. The molecular weight excluding hydrogens is 464 g/mol. The van der Waals surface area contributed by atoms with Gasteiger partial charge in [0.2, 0.25) is 0 Å². The summed E-state index contributed by atoms with van der Waals surface area (Å²) in [4.78, 5) is 15.4. The van der Waals surface area contributed by atoms with Gasteiger partial charge in [0.05, 0.1) is 29.7 Å². The van der Waals surface area contributed by atoms with Crippen molar-refractivity contribution in [1.82, 2.24) is 20.1 Å². The van der Waals surface area contributed by atoms with Gasteiger partial charge in [-0.1, -0.05) is 12.1 Å². The van der Waals surface area contributed by atoms with Crippen LogP contribution < -0.4 is 10.2 Å². The fraction of sp³-hybridized carbons (Fsp3) is 0.448. The van der Waals surface area contributed by atoms with E-state index in [0.717, 1.165) is 53.9 Å². The number of aryl methyl sites for hydroxylation is 1. The van der Waals surface area contributed by atoms with E-state index in [9.17, 15) is 10.1 Å². The highest BCUT2D eigenvalue weighted by Crippen LogP contribution is 2.50. The second kappa shape index (κ2) is 8.79. The first-order valence-corrected chi connectivity index (χ1v) is 13.0. The number of amides is 1. The number of carbonyl (C=O) groups is 1. The Balaban J connectivity index is 1.31. The quantitative estimate of drug-likeness (QED) is 0.532. The molecule has 0 saturated heterocycles. The molecule has 1 N–H and O–H groups in total. The van der Waals surface area contributed by atoms with Gasteiger partial charge in [0, 0.05) is 43.1 Å². The number of rotatable bonds is 7. The van der Waals surface area contributed by atoms with Gasteiger partial charge >= 0.3 is 0 Å². The minimum absolute atomic E-state index is 0.0589. The van der Waals surface area contributed by atoms with Gasteiger partial charge in [0.1, 0.15) is 12.2 Å². The summed E-state index contributed by atoms with van der Waals surface area (Å²) in [6, 6.07) is 14.4. The lowest BCUT2D eigenvalue weighted by Crippen LogP contribution is -2.48. The predicted octanol–water partition coefficient (Wildman–Crippen LogP) is 3.97. The lowest BCUT2D eigenvalue weighted by molar-refractivity contribution is -0.00695. The number of nitriles is 1. The molecule has 8 heteroatoms. The number of hydrogen-bond donors (Lipinski definition) is 1. The Morgan fingerprint density at radius 2 is 2.05 bits per heavy atom. The van der Waals surface area contributed by atoms with Crippen molar-refractivity contribution in [3.05, 3.63) is 76.4 Å². The number of hydrogen-bond acceptors (Lipinski definition) is 6. The Labute approximate surface area is 217 Å². The molecule has 2 heterocycles. The van der Waals surface area contributed by atoms with Gasteiger partial charge in [0.15, 0.2) is 0 Å². The van der Waals surface area contributed by atoms with E-state index in [1.165, 1.54) is 6.42 Å². The van der Waals surface area contributed by atoms with Crippen LogP contribution in [0.15, 0.2) is 42.7 Å². The molecule has 37 heavy (non-hydrogen) atoms. The third-order valence-electron chi connectivity index (χ3n) is 8.73. The lowest BCUT2D eigenvalue weighted by atomic mass is 9.62. The molecule has 6 rings (SSSR count). The van der Waals surface area contributed by atoms with Crippen molar-refractivity contribution in [2.75, 3.05) is 12.0 Å². The van der Waals surface area contributed by atoms with E-state index in [0.29, 0.717) is 24.2 Å². The van der Waals surface area contributed by atoms with E-state index in [1.54, 1.807) is 18.3 Å². The van der Waals surface area contributed by atoms with Crippen LogP contribution in [0.4, 0.5) is 5.69 Å². The van der Waals surface area contributed by atoms with Gasteiger partial charge < -0.3 is 19.5 Å². The Bertz CT molecular complexity index is 1410. The molecule has 8 nitrogen and oxygen atoms in total. The van der Waals surface area contributed by atoms with Gasteiger partial charge in [-0.25, -0.2) is 0 Å². The number of benzene rings is 2. The fourth-order valence-corrected chi connectivity index (χ4v) is 6.20. The second-order valence-corrected chi connectivity index (χ2v) is 11.1. The third kappa shape index (κ3) is 3.85. The van der Waals surface area contributed by atoms with Crippen LogP contribution >= 0.6 is 0 Å². The highest BCUT2D eigenvalue weighted by Gasteiger charge is 2.50. The SMILES string of the molecule is COC1CC(c2cccc(N3Cc4c(C#N)cc(CNC5(C)CCC5)cc4C3=O)c2)(c2nncn2C)C1. The number of anilines is 1. The molecule has 1 aliphatic heterocycles. The molecule has 0 radical (unpaired) electrons. The first kappa shape index (κ1) is 23.8. The smallest absolute Gasteiger partial charge is 0.258 e. The predicted molar refractivity (Wildman–Crippen MR) is 139 cm³/mol. The molecule has 3 aliphatic rings. The molecule has 2 fully saturated rings. The second-order valence-electron chi connectivity index (χ2n) is 11.1. The van der Waals surface area contributed by atoms with E-state index in [2.05, 4.69) is 40.6 Å². The highest BCUT2D eigenvalue weighted by atomic mass is 16.5. The molecule has 0 atom stereocenters. The summed E-state index contributed by atoms with van der Waals surface area (Å²) < 4.78 is 7.59. The van der Waals surface area contributed by atoms with Crippen molar-refractivity contribution in [3.8, 4) is 6.07 Å². The zero-order valence-corrected chi connectivity index (χ0v) is 21.6. The van der Waals surface area contributed by atoms with Crippen molar-refractivity contribution in [1.29, 1.82) is 5.26 Å². The number of nitrogens with one attached hydrogen (secondary N) is 1. The number of nitrogens with zero attached hydrogens (tertiary/aromatic N) is 5. The zero-order chi connectivity index (χ0) is 25.8. The zero-order valence-electron chi connectivity index (χ0n) is 21.6. The van der Waals surface area contributed by atoms with Crippen molar-refractivity contribution < 1.29 is 9.53 Å². The topological polar surface area (TPSA) is 96.1 Å². The molecule has 2 saturated carbocycles. The normalized spacial score (nSPS) is 23.8. The molecular formula is C29H32N6O2. The largest absolute Gasteiger partial charge is 0.381 e.